The summed E-state index contributed by atoms with van der Waals surface area (Å²) in [4.78, 5) is 9.79. The maximum atomic E-state index is 10.2. The van der Waals surface area contributed by atoms with Crippen LogP contribution in [0.1, 0.15) is 13.3 Å². The summed E-state index contributed by atoms with van der Waals surface area (Å²) >= 11 is 0. The van der Waals surface area contributed by atoms with Gasteiger partial charge in [-0.05, 0) is 13.3 Å². The molecule has 0 aromatic rings. The summed E-state index contributed by atoms with van der Waals surface area (Å²) in [5.41, 5.74) is 0.791. The van der Waals surface area contributed by atoms with Crippen molar-refractivity contribution in [1.29, 1.82) is 0 Å². The van der Waals surface area contributed by atoms with Crippen molar-refractivity contribution in [2.45, 2.75) is 13.3 Å². The molecule has 1 aliphatic carbocycles. The molecular weight excluding hydrogens is 130 g/mol. The molecule has 1 rings (SSSR count). The van der Waals surface area contributed by atoms with E-state index in [0.717, 1.165) is 6.42 Å². The highest BCUT2D eigenvalue weighted by atomic mass is 16.6. The minimum absolute atomic E-state index is 0.0891. The standard InChI is InChI=1S/C7H7NO2/c1-6-4-2-3-5-7(6)8(9)10/h3-4H,2H2,1H3. The molecule has 3 nitrogen and oxygen atoms in total. The Morgan fingerprint density at radius 3 is 2.90 bits per heavy atom. The van der Waals surface area contributed by atoms with Gasteiger partial charge in [0.15, 0.2) is 0 Å². The van der Waals surface area contributed by atoms with Gasteiger partial charge in [-0.2, -0.15) is 0 Å². The second kappa shape index (κ2) is 2.64. The van der Waals surface area contributed by atoms with E-state index in [4.69, 9.17) is 0 Å². The van der Waals surface area contributed by atoms with Gasteiger partial charge in [-0.15, -0.1) is 0 Å². The van der Waals surface area contributed by atoms with Crippen LogP contribution in [0.3, 0.4) is 0 Å². The second-order valence-corrected chi connectivity index (χ2v) is 2.08. The van der Waals surface area contributed by atoms with Gasteiger partial charge in [0.25, 0.3) is 5.70 Å². The normalized spacial score (nSPS) is 17.7. The first-order valence-electron chi connectivity index (χ1n) is 2.98. The van der Waals surface area contributed by atoms with Gasteiger partial charge >= 0.3 is 0 Å². The van der Waals surface area contributed by atoms with Crippen LogP contribution >= 0.6 is 0 Å². The van der Waals surface area contributed by atoms with Crippen LogP contribution in [-0.2, 0) is 0 Å². The summed E-state index contributed by atoms with van der Waals surface area (Å²) in [6.45, 7) is 1.72. The molecule has 10 heavy (non-hydrogen) atoms. The largest absolute Gasteiger partial charge is 0.275 e. The van der Waals surface area contributed by atoms with Crippen LogP contribution in [-0.4, -0.2) is 4.92 Å². The third-order valence-corrected chi connectivity index (χ3v) is 1.34. The summed E-state index contributed by atoms with van der Waals surface area (Å²) in [6.07, 6.45) is 6.82. The molecule has 0 atom stereocenters. The second-order valence-electron chi connectivity index (χ2n) is 2.08. The Labute approximate surface area is 59.2 Å². The van der Waals surface area contributed by atoms with E-state index in [1.807, 2.05) is 6.08 Å². The first-order chi connectivity index (χ1) is 4.72. The molecule has 52 valence electrons. The van der Waals surface area contributed by atoms with Gasteiger partial charge < -0.3 is 0 Å². The fourth-order valence-corrected chi connectivity index (χ4v) is 0.799. The lowest BCUT2D eigenvalue weighted by atomic mass is 10.1. The highest BCUT2D eigenvalue weighted by Gasteiger charge is 2.15. The fourth-order valence-electron chi connectivity index (χ4n) is 0.799. The molecule has 2 radical (unpaired) electrons. The predicted octanol–water partition coefficient (Wildman–Crippen LogP) is 1.50. The van der Waals surface area contributed by atoms with Crippen LogP contribution in [0.15, 0.2) is 17.3 Å². The van der Waals surface area contributed by atoms with Crippen molar-refractivity contribution in [3.63, 3.8) is 0 Å². The van der Waals surface area contributed by atoms with Gasteiger partial charge in [0.2, 0.25) is 0 Å². The van der Waals surface area contributed by atoms with Gasteiger partial charge in [0, 0.05) is 18.1 Å². The molecule has 0 spiro atoms. The Balaban J connectivity index is 2.84. The highest BCUT2D eigenvalue weighted by molar-refractivity contribution is 5.26. The van der Waals surface area contributed by atoms with Gasteiger partial charge in [0.1, 0.15) is 0 Å². The Bertz CT molecular complexity index is 216. The van der Waals surface area contributed by atoms with Gasteiger partial charge in [0.05, 0.1) is 4.92 Å². The molecule has 0 saturated carbocycles. The molecule has 0 unspecified atom stereocenters. The third kappa shape index (κ3) is 1.23. The van der Waals surface area contributed by atoms with Crippen LogP contribution in [0.25, 0.3) is 0 Å². The monoisotopic (exact) mass is 137 g/mol. The first kappa shape index (κ1) is 6.99. The maximum Gasteiger partial charge on any atom is 0.275 e. The lowest BCUT2D eigenvalue weighted by molar-refractivity contribution is -0.421. The number of nitro groups is 1. The van der Waals surface area contributed by atoms with Gasteiger partial charge in [-0.25, -0.2) is 0 Å². The number of hydrogen-bond acceptors (Lipinski definition) is 2. The summed E-state index contributed by atoms with van der Waals surface area (Å²) in [6, 6.07) is 0. The smallest absolute Gasteiger partial charge is 0.258 e. The van der Waals surface area contributed by atoms with E-state index in [9.17, 15) is 10.1 Å². The van der Waals surface area contributed by atoms with Crippen molar-refractivity contribution in [3.05, 3.63) is 40.0 Å². The molecule has 0 bridgehead atoms. The van der Waals surface area contributed by atoms with E-state index in [1.54, 1.807) is 13.3 Å². The topological polar surface area (TPSA) is 43.1 Å². The molecule has 3 heteroatoms. The van der Waals surface area contributed by atoms with Crippen LogP contribution < -0.4 is 0 Å². The molecule has 0 saturated heterocycles. The molecule has 0 fully saturated rings. The van der Waals surface area contributed by atoms with Crippen LogP contribution in [0.2, 0.25) is 0 Å². The van der Waals surface area contributed by atoms with Crippen molar-refractivity contribution >= 4 is 0 Å². The molecule has 0 aromatic carbocycles. The highest BCUT2D eigenvalue weighted by Crippen LogP contribution is 2.16. The predicted molar refractivity (Wildman–Crippen MR) is 36.4 cm³/mol. The van der Waals surface area contributed by atoms with E-state index in [2.05, 4.69) is 6.08 Å². The molecule has 0 aromatic heterocycles. The first-order valence-corrected chi connectivity index (χ1v) is 2.98. The lowest BCUT2D eigenvalue weighted by Gasteiger charge is -2.01. The number of rotatable bonds is 1. The molecule has 1 aliphatic rings. The van der Waals surface area contributed by atoms with Crippen molar-refractivity contribution in [1.82, 2.24) is 0 Å². The average molecular weight is 137 g/mol. The lowest BCUT2D eigenvalue weighted by Crippen LogP contribution is -2.03. The quantitative estimate of drug-likeness (QED) is 0.406. The van der Waals surface area contributed by atoms with E-state index in [1.165, 1.54) is 0 Å². The molecular formula is C7H7NO2. The molecule has 0 aliphatic heterocycles. The van der Waals surface area contributed by atoms with Crippen molar-refractivity contribution in [2.75, 3.05) is 0 Å². The van der Waals surface area contributed by atoms with Crippen LogP contribution in [0, 0.1) is 22.6 Å². The average Bonchev–Trinajstić information content (AvgIpc) is 1.88. The van der Waals surface area contributed by atoms with E-state index < -0.39 is 4.92 Å². The Morgan fingerprint density at radius 1 is 1.80 bits per heavy atom. The van der Waals surface area contributed by atoms with E-state index >= 15 is 0 Å². The zero-order valence-corrected chi connectivity index (χ0v) is 5.63. The van der Waals surface area contributed by atoms with Crippen molar-refractivity contribution < 1.29 is 4.92 Å². The fraction of sp³-hybridized carbons (Fsp3) is 0.286. The Hall–Kier alpha value is -1.12. The summed E-state index contributed by atoms with van der Waals surface area (Å²) < 4.78 is 0. The number of hydrogen-bond donors (Lipinski definition) is 0. The minimum Gasteiger partial charge on any atom is -0.258 e. The summed E-state index contributed by atoms with van der Waals surface area (Å²) in [5.74, 6) is 0. The van der Waals surface area contributed by atoms with Crippen LogP contribution in [0.5, 0.6) is 0 Å². The maximum absolute atomic E-state index is 10.2. The number of nitrogens with zero attached hydrogens (tertiary/aromatic N) is 1. The SMILES string of the molecule is CC1=CC[CH][C]=C1[N+](=O)[O-]. The number of allylic oxidation sites excluding steroid dienone is 3. The van der Waals surface area contributed by atoms with E-state index in [0.29, 0.717) is 5.57 Å². The Morgan fingerprint density at radius 2 is 2.50 bits per heavy atom. The van der Waals surface area contributed by atoms with E-state index in [-0.39, 0.29) is 5.70 Å². The minimum atomic E-state index is -0.415. The zero-order valence-electron chi connectivity index (χ0n) is 5.63. The van der Waals surface area contributed by atoms with Crippen molar-refractivity contribution in [2.24, 2.45) is 0 Å². The summed E-state index contributed by atoms with van der Waals surface area (Å²) in [5, 5.41) is 10.2. The summed E-state index contributed by atoms with van der Waals surface area (Å²) in [7, 11) is 0. The van der Waals surface area contributed by atoms with Crippen molar-refractivity contribution in [3.8, 4) is 0 Å². The third-order valence-electron chi connectivity index (χ3n) is 1.34. The van der Waals surface area contributed by atoms with Crippen LogP contribution in [0.4, 0.5) is 0 Å². The molecule has 0 heterocycles. The molecule has 0 amide bonds. The van der Waals surface area contributed by atoms with Gasteiger partial charge in [-0.1, -0.05) is 6.08 Å². The zero-order chi connectivity index (χ0) is 7.56. The van der Waals surface area contributed by atoms with Gasteiger partial charge in [-0.3, -0.25) is 10.1 Å². The molecule has 0 N–H and O–H groups in total. The Kier molecular flexibility index (Phi) is 1.85.